The van der Waals surface area contributed by atoms with E-state index in [0.29, 0.717) is 43.2 Å². The molecule has 1 aliphatic carbocycles. The molecule has 1 unspecified atom stereocenters. The van der Waals surface area contributed by atoms with E-state index in [0.717, 1.165) is 19.6 Å². The highest BCUT2D eigenvalue weighted by molar-refractivity contribution is 5.89. The summed E-state index contributed by atoms with van der Waals surface area (Å²) in [6.45, 7) is 9.37. The highest BCUT2D eigenvalue weighted by Gasteiger charge is 2.53. The lowest BCUT2D eigenvalue weighted by Gasteiger charge is -2.41. The van der Waals surface area contributed by atoms with E-state index < -0.39 is 11.2 Å². The number of carbonyl (C=O) groups is 2. The van der Waals surface area contributed by atoms with Gasteiger partial charge in [0.1, 0.15) is 5.82 Å². The Morgan fingerprint density at radius 1 is 1.08 bits per heavy atom. The summed E-state index contributed by atoms with van der Waals surface area (Å²) >= 11 is 0. The second-order valence-corrected chi connectivity index (χ2v) is 11.2. The molecule has 3 heterocycles. The number of nitrogens with two attached hydrogens (primary N) is 2. The van der Waals surface area contributed by atoms with Crippen LogP contribution < -0.4 is 22.5 Å². The molecule has 0 radical (unpaired) electrons. The number of aromatic nitrogens is 2. The van der Waals surface area contributed by atoms with Crippen LogP contribution in [-0.4, -0.2) is 86.5 Å². The first-order chi connectivity index (χ1) is 17.5. The van der Waals surface area contributed by atoms with Gasteiger partial charge in [0.2, 0.25) is 5.91 Å². The van der Waals surface area contributed by atoms with Gasteiger partial charge in [-0.1, -0.05) is 12.1 Å². The lowest BCUT2D eigenvalue weighted by molar-refractivity contribution is -0.138. The second kappa shape index (κ2) is 9.55. The van der Waals surface area contributed by atoms with Gasteiger partial charge in [0.05, 0.1) is 11.2 Å². The largest absolute Gasteiger partial charge is 0.354 e. The maximum Gasteiger partial charge on any atom is 0.354 e. The molecular weight excluding hydrogens is 472 g/mol. The summed E-state index contributed by atoms with van der Waals surface area (Å²) in [5.74, 6) is 1.35. The van der Waals surface area contributed by atoms with Crippen LogP contribution in [0.15, 0.2) is 41.3 Å². The summed E-state index contributed by atoms with van der Waals surface area (Å²) in [6, 6.07) is 9.29. The molecule has 2 aliphatic heterocycles. The third kappa shape index (κ3) is 5.25. The lowest BCUT2D eigenvalue weighted by Crippen LogP contribution is -2.61. The van der Waals surface area contributed by atoms with Gasteiger partial charge in [-0.3, -0.25) is 19.6 Å². The van der Waals surface area contributed by atoms with Crippen LogP contribution in [0.3, 0.4) is 0 Å². The van der Waals surface area contributed by atoms with Crippen LogP contribution in [0.4, 0.5) is 10.6 Å². The van der Waals surface area contributed by atoms with Crippen molar-refractivity contribution in [1.29, 1.82) is 0 Å². The molecule has 2 aromatic rings. The molecule has 2 saturated heterocycles. The van der Waals surface area contributed by atoms with Gasteiger partial charge >= 0.3 is 11.7 Å². The number of urea groups is 1. The number of fused-ring (bicyclic) bond motifs is 1. The molecule has 11 heteroatoms. The van der Waals surface area contributed by atoms with E-state index in [9.17, 15) is 14.4 Å². The molecule has 0 spiro atoms. The third-order valence-corrected chi connectivity index (χ3v) is 7.72. The maximum absolute atomic E-state index is 12.9. The van der Waals surface area contributed by atoms with Crippen molar-refractivity contribution in [3.8, 4) is 5.69 Å². The fourth-order valence-electron chi connectivity index (χ4n) is 5.51. The zero-order chi connectivity index (χ0) is 26.5. The van der Waals surface area contributed by atoms with Crippen molar-refractivity contribution >= 4 is 17.8 Å². The van der Waals surface area contributed by atoms with Crippen molar-refractivity contribution in [3.63, 3.8) is 0 Å². The van der Waals surface area contributed by atoms with Crippen LogP contribution in [0.5, 0.6) is 0 Å². The van der Waals surface area contributed by atoms with Crippen molar-refractivity contribution in [2.24, 2.45) is 23.3 Å². The predicted molar refractivity (Wildman–Crippen MR) is 140 cm³/mol. The van der Waals surface area contributed by atoms with Gasteiger partial charge in [-0.2, -0.15) is 4.98 Å². The van der Waals surface area contributed by atoms with E-state index in [1.54, 1.807) is 35.9 Å². The summed E-state index contributed by atoms with van der Waals surface area (Å²) in [5, 5.41) is 2.72. The molecule has 3 amide bonds. The Hall–Kier alpha value is -3.28. The van der Waals surface area contributed by atoms with Gasteiger partial charge < -0.3 is 21.3 Å². The number of carbonyl (C=O) groups excluding carboxylic acids is 2. The first-order valence-corrected chi connectivity index (χ1v) is 12.8. The Morgan fingerprint density at radius 3 is 2.35 bits per heavy atom. The number of amides is 3. The number of rotatable bonds is 5. The molecule has 3 fully saturated rings. The topological polar surface area (TPSA) is 143 Å². The number of piperidine rings is 1. The van der Waals surface area contributed by atoms with Gasteiger partial charge in [-0.25, -0.2) is 9.59 Å². The number of benzene rings is 1. The average Bonchev–Trinajstić information content (AvgIpc) is 3.23. The van der Waals surface area contributed by atoms with Gasteiger partial charge in [0.15, 0.2) is 0 Å². The van der Waals surface area contributed by atoms with Crippen molar-refractivity contribution < 1.29 is 9.59 Å². The van der Waals surface area contributed by atoms with Crippen molar-refractivity contribution in [2.45, 2.75) is 44.9 Å². The molecule has 5 rings (SSSR count). The number of nitrogens with one attached hydrogen (secondary N) is 1. The molecule has 4 atom stereocenters. The monoisotopic (exact) mass is 508 g/mol. The zero-order valence-corrected chi connectivity index (χ0v) is 21.6. The molecule has 1 aromatic heterocycles. The Balaban J connectivity index is 1.17. The fraction of sp³-hybridized carbons (Fsp3) is 0.538. The second-order valence-electron chi connectivity index (χ2n) is 11.2. The third-order valence-electron chi connectivity index (χ3n) is 7.72. The minimum atomic E-state index is -0.957. The van der Waals surface area contributed by atoms with Crippen molar-refractivity contribution in [2.75, 3.05) is 38.0 Å². The average molecular weight is 509 g/mol. The van der Waals surface area contributed by atoms with Crippen LogP contribution in [0.1, 0.15) is 26.3 Å². The van der Waals surface area contributed by atoms with E-state index in [2.05, 4.69) is 15.2 Å². The van der Waals surface area contributed by atoms with Crippen LogP contribution in [0.25, 0.3) is 5.69 Å². The lowest BCUT2D eigenvalue weighted by atomic mass is 10.0. The number of hydrogen-bond donors (Lipinski definition) is 3. The van der Waals surface area contributed by atoms with Crippen LogP contribution in [-0.2, 0) is 11.3 Å². The summed E-state index contributed by atoms with van der Waals surface area (Å²) in [6.07, 6.45) is 1.61. The molecule has 3 aliphatic rings. The standard InChI is InChI=1S/C26H36N8O3/c1-16-12-32(23(35)26(2,3)28)10-11-33(16)24(36)29-21-8-9-34(25(37)30-21)18-6-4-17(5-7-18)13-31-14-19-20(15-31)22(19)27/h4-9,16,19-20,22H,10-15,27-28H2,1-3H3,(H,29,30,36,37)/t16-,19-,20+,22?/m1/s1. The maximum atomic E-state index is 12.9. The molecule has 0 bridgehead atoms. The minimum Gasteiger partial charge on any atom is -0.337 e. The zero-order valence-electron chi connectivity index (χ0n) is 21.6. The van der Waals surface area contributed by atoms with E-state index in [-0.39, 0.29) is 23.8 Å². The minimum absolute atomic E-state index is 0.144. The molecular formula is C26H36N8O3. The first kappa shape index (κ1) is 25.4. The van der Waals surface area contributed by atoms with Crippen molar-refractivity contribution in [3.05, 3.63) is 52.6 Å². The molecule has 37 heavy (non-hydrogen) atoms. The van der Waals surface area contributed by atoms with E-state index in [4.69, 9.17) is 11.5 Å². The SMILES string of the molecule is C[C@@H]1CN(C(=O)C(C)(C)N)CCN1C(=O)Nc1ccn(-c2ccc(CN3C[C@@H]4C(N)[C@@H]4C3)cc2)c(=O)n1. The molecule has 1 saturated carbocycles. The number of piperazine rings is 1. The normalized spacial score (nSPS) is 25.6. The molecule has 11 nitrogen and oxygen atoms in total. The summed E-state index contributed by atoms with van der Waals surface area (Å²) in [5.41, 5.74) is 12.4. The van der Waals surface area contributed by atoms with E-state index in [1.807, 2.05) is 31.2 Å². The summed E-state index contributed by atoms with van der Waals surface area (Å²) in [7, 11) is 0. The Labute approximate surface area is 216 Å². The highest BCUT2D eigenvalue weighted by Crippen LogP contribution is 2.44. The number of nitrogens with zero attached hydrogens (tertiary/aromatic N) is 5. The quantitative estimate of drug-likeness (QED) is 0.531. The van der Waals surface area contributed by atoms with Crippen LogP contribution in [0, 0.1) is 11.8 Å². The molecule has 5 N–H and O–H groups in total. The van der Waals surface area contributed by atoms with Crippen LogP contribution in [0.2, 0.25) is 0 Å². The van der Waals surface area contributed by atoms with Crippen LogP contribution >= 0.6 is 0 Å². The van der Waals surface area contributed by atoms with Gasteiger partial charge in [0, 0.05) is 57.5 Å². The summed E-state index contributed by atoms with van der Waals surface area (Å²) in [4.78, 5) is 47.9. The fourth-order valence-corrected chi connectivity index (χ4v) is 5.51. The van der Waals surface area contributed by atoms with Gasteiger partial charge in [-0.05, 0) is 56.4 Å². The number of likely N-dealkylation sites (tertiary alicyclic amines) is 1. The Morgan fingerprint density at radius 2 is 1.76 bits per heavy atom. The Bertz CT molecular complexity index is 1230. The highest BCUT2D eigenvalue weighted by atomic mass is 16.2. The molecule has 198 valence electrons. The van der Waals surface area contributed by atoms with Crippen molar-refractivity contribution in [1.82, 2.24) is 24.3 Å². The molecule has 1 aromatic carbocycles. The van der Waals surface area contributed by atoms with Gasteiger partial charge in [-0.15, -0.1) is 0 Å². The number of anilines is 1. The van der Waals surface area contributed by atoms with Gasteiger partial charge in [0.25, 0.3) is 0 Å². The predicted octanol–water partition coefficient (Wildman–Crippen LogP) is 0.423. The smallest absolute Gasteiger partial charge is 0.337 e. The Kier molecular flexibility index (Phi) is 6.55. The first-order valence-electron chi connectivity index (χ1n) is 12.8. The number of hydrogen-bond acceptors (Lipinski definition) is 7. The summed E-state index contributed by atoms with van der Waals surface area (Å²) < 4.78 is 1.45. The van der Waals surface area contributed by atoms with E-state index in [1.165, 1.54) is 10.1 Å². The van der Waals surface area contributed by atoms with E-state index >= 15 is 0 Å².